The smallest absolute Gasteiger partial charge is 0.343 e. The molecule has 0 radical (unpaired) electrons. The lowest BCUT2D eigenvalue weighted by Gasteiger charge is -2.27. The lowest BCUT2D eigenvalue weighted by atomic mass is 9.82. The Morgan fingerprint density at radius 2 is 1.58 bits per heavy atom. The molecule has 2 aromatic carbocycles. The van der Waals surface area contributed by atoms with Crippen LogP contribution in [-0.2, 0) is 19.1 Å². The number of rotatable bonds is 16. The Morgan fingerprint density at radius 1 is 0.911 bits per heavy atom. The number of carbonyl (C=O) groups is 3. The number of carbonyl (C=O) groups excluding carboxylic acids is 3. The fourth-order valence-electron chi connectivity index (χ4n) is 6.79. The molecule has 2 bridgehead atoms. The maximum absolute atomic E-state index is 12.8. The quantitative estimate of drug-likeness (QED) is 0.0809. The summed E-state index contributed by atoms with van der Waals surface area (Å²) >= 11 is 0. The molecule has 0 aromatic heterocycles. The van der Waals surface area contributed by atoms with Crippen molar-refractivity contribution in [2.45, 2.75) is 91.6 Å². The van der Waals surface area contributed by atoms with Crippen LogP contribution in [0.1, 0.15) is 95.8 Å². The predicted molar refractivity (Wildman–Crippen MR) is 171 cm³/mol. The molecule has 0 heterocycles. The summed E-state index contributed by atoms with van der Waals surface area (Å²) in [6.45, 7) is 16.3. The maximum Gasteiger partial charge on any atom is 0.343 e. The average Bonchev–Trinajstić information content (AvgIpc) is 3.46. The molecular formula is C37H47NO7. The summed E-state index contributed by atoms with van der Waals surface area (Å²) in [5.41, 5.74) is 1.14. The van der Waals surface area contributed by atoms with E-state index < -0.39 is 5.97 Å². The molecule has 0 spiro atoms. The molecule has 0 aliphatic heterocycles. The van der Waals surface area contributed by atoms with Crippen molar-refractivity contribution in [2.24, 2.45) is 29.1 Å². The minimum Gasteiger partial charge on any atom is -0.494 e. The van der Waals surface area contributed by atoms with E-state index in [2.05, 4.69) is 18.7 Å². The van der Waals surface area contributed by atoms with Gasteiger partial charge in [-0.25, -0.2) is 9.64 Å². The predicted octanol–water partition coefficient (Wildman–Crippen LogP) is 8.36. The summed E-state index contributed by atoms with van der Waals surface area (Å²) in [5.74, 6) is 0.621. The van der Waals surface area contributed by atoms with E-state index in [-0.39, 0.29) is 35.3 Å². The lowest BCUT2D eigenvalue weighted by molar-refractivity contribution is -0.158. The molecule has 8 nitrogen and oxygen atoms in total. The Morgan fingerprint density at radius 3 is 2.18 bits per heavy atom. The van der Waals surface area contributed by atoms with Gasteiger partial charge in [-0.3, -0.25) is 9.59 Å². The SMILES string of the molecule is [C-]#[N+]c1ccc(OC(=O)c2ccc(OCCCCCCOC(=O)C(CC)CC(C)C(=O)OC3CC4CCC3C4(C)C)cc2)cc1. The number of hydrogen-bond acceptors (Lipinski definition) is 7. The van der Waals surface area contributed by atoms with Gasteiger partial charge in [0.15, 0.2) is 5.69 Å². The second kappa shape index (κ2) is 15.9. The monoisotopic (exact) mass is 617 g/mol. The van der Waals surface area contributed by atoms with Crippen molar-refractivity contribution >= 4 is 23.6 Å². The standard InChI is InChI=1S/C37H47NO7/c1-6-26(23-25(2)34(39)45-33-24-28-13-20-32(33)37(28,3)4)35(40)43-22-10-8-7-9-21-42-30-16-11-27(12-17-30)36(41)44-31-18-14-29(38-5)15-19-31/h11-12,14-19,25-26,28,32-33H,6-10,13,20-24H2,1-4H3. The van der Waals surface area contributed by atoms with E-state index in [9.17, 15) is 14.4 Å². The molecule has 2 aliphatic carbocycles. The maximum atomic E-state index is 12.8. The van der Waals surface area contributed by atoms with Crippen molar-refractivity contribution in [3.8, 4) is 11.5 Å². The molecule has 2 fully saturated rings. The van der Waals surface area contributed by atoms with E-state index >= 15 is 0 Å². The van der Waals surface area contributed by atoms with Gasteiger partial charge in [0.25, 0.3) is 0 Å². The topological polar surface area (TPSA) is 92.5 Å². The van der Waals surface area contributed by atoms with Gasteiger partial charge in [0.2, 0.25) is 0 Å². The van der Waals surface area contributed by atoms with E-state index in [0.29, 0.717) is 60.6 Å². The first-order chi connectivity index (χ1) is 21.6. The van der Waals surface area contributed by atoms with Crippen molar-refractivity contribution in [1.29, 1.82) is 0 Å². The van der Waals surface area contributed by atoms with Crippen LogP contribution in [-0.4, -0.2) is 37.2 Å². The molecule has 2 aliphatic rings. The largest absolute Gasteiger partial charge is 0.494 e. The minimum absolute atomic E-state index is 0.0186. The number of esters is 3. The van der Waals surface area contributed by atoms with Gasteiger partial charge in [0.05, 0.1) is 37.2 Å². The van der Waals surface area contributed by atoms with Crippen LogP contribution in [0.15, 0.2) is 48.5 Å². The van der Waals surface area contributed by atoms with Gasteiger partial charge in [-0.1, -0.05) is 39.8 Å². The number of nitrogens with zero attached hydrogens (tertiary/aromatic N) is 1. The van der Waals surface area contributed by atoms with Crippen molar-refractivity contribution in [3.05, 3.63) is 65.5 Å². The van der Waals surface area contributed by atoms with Crippen molar-refractivity contribution in [1.82, 2.24) is 0 Å². The second-order valence-electron chi connectivity index (χ2n) is 13.1. The first-order valence-electron chi connectivity index (χ1n) is 16.4. The first kappa shape index (κ1) is 34.0. The van der Waals surface area contributed by atoms with E-state index in [1.807, 2.05) is 13.8 Å². The molecule has 0 N–H and O–H groups in total. The molecule has 5 atom stereocenters. The number of unbranched alkanes of at least 4 members (excludes halogenated alkanes) is 3. The minimum atomic E-state index is -0.477. The van der Waals surface area contributed by atoms with Crippen LogP contribution in [0.4, 0.5) is 5.69 Å². The molecule has 242 valence electrons. The summed E-state index contributed by atoms with van der Waals surface area (Å²) in [5, 5.41) is 0. The van der Waals surface area contributed by atoms with Gasteiger partial charge in [-0.15, -0.1) is 0 Å². The summed E-state index contributed by atoms with van der Waals surface area (Å²) in [7, 11) is 0. The van der Waals surface area contributed by atoms with Gasteiger partial charge in [0, 0.05) is 5.92 Å². The van der Waals surface area contributed by atoms with Crippen molar-refractivity contribution < 1.29 is 33.3 Å². The number of fused-ring (bicyclic) bond motifs is 2. The lowest BCUT2D eigenvalue weighted by Crippen LogP contribution is -2.31. The van der Waals surface area contributed by atoms with E-state index in [1.165, 1.54) is 6.42 Å². The fourth-order valence-corrected chi connectivity index (χ4v) is 6.79. The van der Waals surface area contributed by atoms with Gasteiger partial charge in [-0.05, 0) is 106 Å². The number of hydrogen-bond donors (Lipinski definition) is 0. The third-order valence-electron chi connectivity index (χ3n) is 9.75. The average molecular weight is 618 g/mol. The van der Waals surface area contributed by atoms with Gasteiger partial charge < -0.3 is 18.9 Å². The summed E-state index contributed by atoms with van der Waals surface area (Å²) < 4.78 is 22.7. The molecular weight excluding hydrogens is 570 g/mol. The zero-order chi connectivity index (χ0) is 32.4. The Kier molecular flexibility index (Phi) is 12.0. The highest BCUT2D eigenvalue weighted by Crippen LogP contribution is 2.58. The zero-order valence-electron chi connectivity index (χ0n) is 27.1. The Labute approximate surface area is 267 Å². The van der Waals surface area contributed by atoms with Crippen LogP contribution < -0.4 is 9.47 Å². The van der Waals surface area contributed by atoms with E-state index in [0.717, 1.165) is 38.5 Å². The molecule has 8 heteroatoms. The molecule has 5 unspecified atom stereocenters. The van der Waals surface area contributed by atoms with Crippen molar-refractivity contribution in [3.63, 3.8) is 0 Å². The first-order valence-corrected chi connectivity index (χ1v) is 16.4. The van der Waals surface area contributed by atoms with E-state index in [1.54, 1.807) is 48.5 Å². The summed E-state index contributed by atoms with van der Waals surface area (Å²) in [6, 6.07) is 13.2. The normalized spacial score (nSPS) is 20.9. The van der Waals surface area contributed by atoms with Crippen LogP contribution in [0, 0.1) is 35.7 Å². The van der Waals surface area contributed by atoms with Gasteiger partial charge in [0.1, 0.15) is 17.6 Å². The summed E-state index contributed by atoms with van der Waals surface area (Å²) in [6.07, 6.45) is 7.93. The highest BCUT2D eigenvalue weighted by molar-refractivity contribution is 5.91. The fraction of sp³-hybridized carbons (Fsp3) is 0.568. The van der Waals surface area contributed by atoms with Crippen LogP contribution in [0.2, 0.25) is 0 Å². The van der Waals surface area contributed by atoms with Gasteiger partial charge in [-0.2, -0.15) is 0 Å². The van der Waals surface area contributed by atoms with Crippen molar-refractivity contribution in [2.75, 3.05) is 13.2 Å². The van der Waals surface area contributed by atoms with Crippen LogP contribution >= 0.6 is 0 Å². The van der Waals surface area contributed by atoms with Crippen LogP contribution in [0.3, 0.4) is 0 Å². The van der Waals surface area contributed by atoms with Gasteiger partial charge >= 0.3 is 17.9 Å². The third kappa shape index (κ3) is 9.09. The Hall–Kier alpha value is -3.86. The van der Waals surface area contributed by atoms with Crippen LogP contribution in [0.25, 0.3) is 4.85 Å². The second-order valence-corrected chi connectivity index (χ2v) is 13.1. The molecule has 0 saturated heterocycles. The zero-order valence-corrected chi connectivity index (χ0v) is 27.1. The number of benzene rings is 2. The highest BCUT2D eigenvalue weighted by Gasteiger charge is 2.54. The summed E-state index contributed by atoms with van der Waals surface area (Å²) in [4.78, 5) is 41.2. The molecule has 45 heavy (non-hydrogen) atoms. The highest BCUT2D eigenvalue weighted by atomic mass is 16.5. The molecule has 2 aromatic rings. The van der Waals surface area contributed by atoms with Crippen LogP contribution in [0.5, 0.6) is 11.5 Å². The molecule has 2 saturated carbocycles. The van der Waals surface area contributed by atoms with E-state index in [4.69, 9.17) is 25.5 Å². The Balaban J connectivity index is 1.05. The molecule has 4 rings (SSSR count). The third-order valence-corrected chi connectivity index (χ3v) is 9.75. The Bertz CT molecular complexity index is 1330. The number of ether oxygens (including phenoxy) is 4. The molecule has 0 amide bonds.